The van der Waals surface area contributed by atoms with Crippen LogP contribution in [0.25, 0.3) is 11.1 Å². The van der Waals surface area contributed by atoms with Crippen LogP contribution in [0.3, 0.4) is 0 Å². The highest BCUT2D eigenvalue weighted by molar-refractivity contribution is 5.73. The van der Waals surface area contributed by atoms with Crippen LogP contribution < -0.4 is 9.47 Å². The highest BCUT2D eigenvalue weighted by Crippen LogP contribution is 2.36. The van der Waals surface area contributed by atoms with Gasteiger partial charge < -0.3 is 9.47 Å². The second kappa shape index (κ2) is 6.80. The topological polar surface area (TPSA) is 57.1 Å². The fourth-order valence-electron chi connectivity index (χ4n) is 2.25. The second-order valence-corrected chi connectivity index (χ2v) is 5.30. The van der Waals surface area contributed by atoms with Crippen molar-refractivity contribution in [3.8, 4) is 28.5 Å². The predicted molar refractivity (Wildman–Crippen MR) is 87.9 cm³/mol. The third-order valence-corrected chi connectivity index (χ3v) is 3.46. The molecule has 5 nitrogen and oxygen atoms in total. The Morgan fingerprint density at radius 2 is 1.80 bits per heavy atom. The average Bonchev–Trinajstić information content (AvgIpc) is 2.62. The first-order valence-electron chi connectivity index (χ1n) is 7.44. The Bertz CT molecular complexity index is 865. The van der Waals surface area contributed by atoms with Crippen LogP contribution in [0.15, 0.2) is 55.1 Å². The summed E-state index contributed by atoms with van der Waals surface area (Å²) < 4.78 is 37.6. The van der Waals surface area contributed by atoms with Gasteiger partial charge in [0.15, 0.2) is 0 Å². The molecule has 0 aliphatic heterocycles. The van der Waals surface area contributed by atoms with Gasteiger partial charge in [-0.2, -0.15) is 8.78 Å². The first-order chi connectivity index (χ1) is 12.0. The largest absolute Gasteiger partial charge is 0.496 e. The van der Waals surface area contributed by atoms with Crippen molar-refractivity contribution >= 4 is 0 Å². The molecule has 0 unspecified atom stereocenters. The molecule has 25 heavy (non-hydrogen) atoms. The van der Waals surface area contributed by atoms with Gasteiger partial charge in [-0.3, -0.25) is 9.97 Å². The Labute approximate surface area is 143 Å². The van der Waals surface area contributed by atoms with Crippen LogP contribution in [0.2, 0.25) is 0 Å². The lowest BCUT2D eigenvalue weighted by molar-refractivity contribution is 0.0127. The molecule has 128 valence electrons. The van der Waals surface area contributed by atoms with Gasteiger partial charge in [0.25, 0.3) is 5.92 Å². The monoisotopic (exact) mass is 343 g/mol. The van der Waals surface area contributed by atoms with Gasteiger partial charge in [-0.25, -0.2) is 4.98 Å². The van der Waals surface area contributed by atoms with Crippen LogP contribution in [-0.4, -0.2) is 22.1 Å². The van der Waals surface area contributed by atoms with Crippen LogP contribution >= 0.6 is 0 Å². The van der Waals surface area contributed by atoms with Gasteiger partial charge in [-0.05, 0) is 30.3 Å². The van der Waals surface area contributed by atoms with E-state index in [4.69, 9.17) is 9.47 Å². The summed E-state index contributed by atoms with van der Waals surface area (Å²) in [7, 11) is 1.56. The lowest BCUT2D eigenvalue weighted by Crippen LogP contribution is -2.09. The number of hydrogen-bond donors (Lipinski definition) is 0. The van der Waals surface area contributed by atoms with E-state index in [1.54, 1.807) is 37.8 Å². The molecule has 0 radical (unpaired) electrons. The molecule has 0 aliphatic rings. The summed E-state index contributed by atoms with van der Waals surface area (Å²) in [5.41, 5.74) is 1.05. The second-order valence-electron chi connectivity index (χ2n) is 5.30. The SMILES string of the molecule is COc1ccncc1-c1cccnc1Oc1ccc(C(C)(F)F)nc1. The van der Waals surface area contributed by atoms with Crippen molar-refractivity contribution < 1.29 is 18.3 Å². The number of alkyl halides is 2. The fraction of sp³-hybridized carbons (Fsp3) is 0.167. The maximum Gasteiger partial charge on any atom is 0.286 e. The maximum atomic E-state index is 13.2. The molecule has 7 heteroatoms. The highest BCUT2D eigenvalue weighted by atomic mass is 19.3. The fourth-order valence-corrected chi connectivity index (χ4v) is 2.25. The van der Waals surface area contributed by atoms with Crippen molar-refractivity contribution in [1.82, 2.24) is 15.0 Å². The number of hydrogen-bond acceptors (Lipinski definition) is 5. The molecule has 3 aromatic heterocycles. The number of ether oxygens (including phenoxy) is 2. The zero-order valence-electron chi connectivity index (χ0n) is 13.6. The molecular weight excluding hydrogens is 328 g/mol. The minimum atomic E-state index is -3.00. The zero-order valence-corrected chi connectivity index (χ0v) is 13.6. The van der Waals surface area contributed by atoms with Gasteiger partial charge in [0.05, 0.1) is 13.3 Å². The highest BCUT2D eigenvalue weighted by Gasteiger charge is 2.25. The van der Waals surface area contributed by atoms with E-state index in [0.717, 1.165) is 6.92 Å². The van der Waals surface area contributed by atoms with E-state index in [1.807, 2.05) is 6.07 Å². The molecule has 0 spiro atoms. The molecule has 0 saturated heterocycles. The van der Waals surface area contributed by atoms with Crippen molar-refractivity contribution in [3.63, 3.8) is 0 Å². The standard InChI is InChI=1S/C18H15F2N3O2/c1-18(19,20)16-6-5-12(10-23-16)25-17-13(4-3-8-22-17)14-11-21-9-7-15(14)24-2/h3-11H,1-2H3. The van der Waals surface area contributed by atoms with Crippen LogP contribution in [-0.2, 0) is 5.92 Å². The minimum Gasteiger partial charge on any atom is -0.496 e. The predicted octanol–water partition coefficient (Wildman–Crippen LogP) is 4.45. The number of aromatic nitrogens is 3. The van der Waals surface area contributed by atoms with Crippen LogP contribution in [0.1, 0.15) is 12.6 Å². The van der Waals surface area contributed by atoms with E-state index in [9.17, 15) is 8.78 Å². The number of nitrogens with zero attached hydrogens (tertiary/aromatic N) is 3. The summed E-state index contributed by atoms with van der Waals surface area (Å²) in [5.74, 6) is -1.79. The van der Waals surface area contributed by atoms with E-state index < -0.39 is 5.92 Å². The third-order valence-electron chi connectivity index (χ3n) is 3.46. The maximum absolute atomic E-state index is 13.2. The van der Waals surface area contributed by atoms with Gasteiger partial charge >= 0.3 is 0 Å². The molecule has 0 bridgehead atoms. The van der Waals surface area contributed by atoms with E-state index in [1.165, 1.54) is 18.3 Å². The zero-order chi connectivity index (χ0) is 17.9. The molecule has 0 aromatic carbocycles. The Kier molecular flexibility index (Phi) is 4.56. The summed E-state index contributed by atoms with van der Waals surface area (Å²) in [6, 6.07) is 7.95. The molecule has 0 amide bonds. The lowest BCUT2D eigenvalue weighted by atomic mass is 10.1. The number of methoxy groups -OCH3 is 1. The quantitative estimate of drug-likeness (QED) is 0.685. The lowest BCUT2D eigenvalue weighted by Gasteiger charge is -2.13. The van der Waals surface area contributed by atoms with Gasteiger partial charge in [0.2, 0.25) is 5.88 Å². The van der Waals surface area contributed by atoms with Gasteiger partial charge in [0, 0.05) is 36.6 Å². The molecule has 0 fully saturated rings. The molecule has 3 rings (SSSR count). The van der Waals surface area contributed by atoms with Crippen molar-refractivity contribution in [2.24, 2.45) is 0 Å². The van der Waals surface area contributed by atoms with Crippen molar-refractivity contribution in [2.45, 2.75) is 12.8 Å². The first-order valence-corrected chi connectivity index (χ1v) is 7.44. The summed E-state index contributed by atoms with van der Waals surface area (Å²) in [5, 5.41) is 0. The molecule has 0 atom stereocenters. The van der Waals surface area contributed by atoms with Gasteiger partial charge in [-0.15, -0.1) is 0 Å². The number of halogens is 2. The van der Waals surface area contributed by atoms with Crippen molar-refractivity contribution in [3.05, 3.63) is 60.8 Å². The smallest absolute Gasteiger partial charge is 0.286 e. The Morgan fingerprint density at radius 3 is 2.48 bits per heavy atom. The van der Waals surface area contributed by atoms with E-state index in [0.29, 0.717) is 28.5 Å². The number of rotatable bonds is 5. The summed E-state index contributed by atoms with van der Waals surface area (Å²) in [6.45, 7) is 0.793. The summed E-state index contributed by atoms with van der Waals surface area (Å²) in [6.07, 6.45) is 6.07. The molecular formula is C18H15F2N3O2. The first kappa shape index (κ1) is 16.8. The molecule has 3 heterocycles. The van der Waals surface area contributed by atoms with E-state index in [2.05, 4.69) is 15.0 Å². The summed E-state index contributed by atoms with van der Waals surface area (Å²) >= 11 is 0. The van der Waals surface area contributed by atoms with Gasteiger partial charge in [-0.1, -0.05) is 0 Å². The van der Waals surface area contributed by atoms with E-state index >= 15 is 0 Å². The molecule has 0 N–H and O–H groups in total. The Morgan fingerprint density at radius 1 is 0.960 bits per heavy atom. The molecule has 3 aromatic rings. The molecule has 0 saturated carbocycles. The minimum absolute atomic E-state index is 0.298. The van der Waals surface area contributed by atoms with Crippen molar-refractivity contribution in [1.29, 1.82) is 0 Å². The van der Waals surface area contributed by atoms with Crippen LogP contribution in [0.5, 0.6) is 17.4 Å². The Balaban J connectivity index is 1.94. The number of pyridine rings is 3. The van der Waals surface area contributed by atoms with Crippen LogP contribution in [0.4, 0.5) is 8.78 Å². The van der Waals surface area contributed by atoms with Crippen LogP contribution in [0, 0.1) is 0 Å². The molecule has 0 aliphatic carbocycles. The van der Waals surface area contributed by atoms with Gasteiger partial charge in [0.1, 0.15) is 17.2 Å². The Hall–Kier alpha value is -3.09. The summed E-state index contributed by atoms with van der Waals surface area (Å²) in [4.78, 5) is 12.1. The normalized spacial score (nSPS) is 11.2. The van der Waals surface area contributed by atoms with E-state index in [-0.39, 0.29) is 5.69 Å². The van der Waals surface area contributed by atoms with Crippen molar-refractivity contribution in [2.75, 3.05) is 7.11 Å². The third kappa shape index (κ3) is 3.71. The average molecular weight is 343 g/mol.